The molecule has 0 spiro atoms. The molecule has 22 heavy (non-hydrogen) atoms. The van der Waals surface area contributed by atoms with Crippen LogP contribution in [0.5, 0.6) is 0 Å². The number of nitrogens with two attached hydrogens (primary N) is 2. The normalized spacial score (nSPS) is 18.0. The molecule has 1 aromatic carbocycles. The topological polar surface area (TPSA) is 76.9 Å². The average Bonchev–Trinajstić information content (AvgIpc) is 2.48. The zero-order valence-corrected chi connectivity index (χ0v) is 12.0. The van der Waals surface area contributed by atoms with Crippen LogP contribution in [-0.2, 0) is 10.9 Å². The van der Waals surface area contributed by atoms with Gasteiger partial charge in [0.05, 0.1) is 31.4 Å². The molecule has 1 aliphatic heterocycles. The van der Waals surface area contributed by atoms with Gasteiger partial charge in [-0.1, -0.05) is 12.1 Å². The van der Waals surface area contributed by atoms with Crippen molar-refractivity contribution >= 4 is 5.96 Å². The number of aliphatic imine (C=N–C) groups is 1. The van der Waals surface area contributed by atoms with Crippen molar-refractivity contribution in [2.75, 3.05) is 32.8 Å². The third-order valence-electron chi connectivity index (χ3n) is 3.56. The zero-order valence-electron chi connectivity index (χ0n) is 12.0. The van der Waals surface area contributed by atoms with Crippen LogP contribution in [0.4, 0.5) is 13.2 Å². The van der Waals surface area contributed by atoms with Crippen molar-refractivity contribution in [1.82, 2.24) is 4.90 Å². The predicted octanol–water partition coefficient (Wildman–Crippen LogP) is 1.35. The van der Waals surface area contributed by atoms with Crippen LogP contribution in [0.25, 0.3) is 0 Å². The molecule has 1 heterocycles. The standard InChI is InChI=1S/C14H19F3N4O/c15-14(16,17)11-3-1-10(2-4-11)12(9-20-13(18)19)21-5-7-22-8-6-21/h1-4,12H,5-9H2,(H4,18,19,20). The molecule has 0 bridgehead atoms. The Morgan fingerprint density at radius 3 is 2.27 bits per heavy atom. The number of hydrogen-bond donors (Lipinski definition) is 2. The highest BCUT2D eigenvalue weighted by molar-refractivity contribution is 5.75. The molecule has 8 heteroatoms. The van der Waals surface area contributed by atoms with Crippen LogP contribution in [-0.4, -0.2) is 43.7 Å². The van der Waals surface area contributed by atoms with E-state index >= 15 is 0 Å². The SMILES string of the molecule is NC(N)=NCC(c1ccc(C(F)(F)F)cc1)N1CCOCC1. The van der Waals surface area contributed by atoms with Crippen LogP contribution in [0.1, 0.15) is 17.2 Å². The molecule has 0 aliphatic carbocycles. The lowest BCUT2D eigenvalue weighted by molar-refractivity contribution is -0.137. The molecule has 5 nitrogen and oxygen atoms in total. The minimum Gasteiger partial charge on any atom is -0.379 e. The summed E-state index contributed by atoms with van der Waals surface area (Å²) in [4.78, 5) is 6.12. The number of alkyl halides is 3. The van der Waals surface area contributed by atoms with E-state index in [2.05, 4.69) is 9.89 Å². The molecule has 1 atom stereocenters. The van der Waals surface area contributed by atoms with Crippen LogP contribution >= 0.6 is 0 Å². The first-order valence-corrected chi connectivity index (χ1v) is 6.92. The van der Waals surface area contributed by atoms with Crippen molar-refractivity contribution in [3.63, 3.8) is 0 Å². The Balaban J connectivity index is 2.21. The van der Waals surface area contributed by atoms with E-state index in [0.717, 1.165) is 17.7 Å². The number of rotatable bonds is 4. The summed E-state index contributed by atoms with van der Waals surface area (Å²) in [5.74, 6) is -0.0369. The smallest absolute Gasteiger partial charge is 0.379 e. The van der Waals surface area contributed by atoms with Gasteiger partial charge < -0.3 is 16.2 Å². The molecule has 1 saturated heterocycles. The lowest BCUT2D eigenvalue weighted by atomic mass is 10.0. The highest BCUT2D eigenvalue weighted by atomic mass is 19.4. The maximum Gasteiger partial charge on any atom is 0.416 e. The van der Waals surface area contributed by atoms with Crippen molar-refractivity contribution in [3.05, 3.63) is 35.4 Å². The minimum atomic E-state index is -4.34. The number of morpholine rings is 1. The highest BCUT2D eigenvalue weighted by Gasteiger charge is 2.31. The summed E-state index contributed by atoms with van der Waals surface area (Å²) < 4.78 is 43.2. The lowest BCUT2D eigenvalue weighted by Gasteiger charge is -2.34. The monoisotopic (exact) mass is 316 g/mol. The van der Waals surface area contributed by atoms with Crippen molar-refractivity contribution in [3.8, 4) is 0 Å². The number of benzene rings is 1. The Bertz CT molecular complexity index is 506. The van der Waals surface area contributed by atoms with Gasteiger partial charge >= 0.3 is 6.18 Å². The summed E-state index contributed by atoms with van der Waals surface area (Å²) in [6.45, 7) is 2.84. The van der Waals surface area contributed by atoms with E-state index in [0.29, 0.717) is 32.8 Å². The quantitative estimate of drug-likeness (QED) is 0.649. The second-order valence-corrected chi connectivity index (χ2v) is 5.05. The van der Waals surface area contributed by atoms with Crippen LogP contribution in [0.3, 0.4) is 0 Å². The van der Waals surface area contributed by atoms with Crippen LogP contribution < -0.4 is 11.5 Å². The van der Waals surface area contributed by atoms with E-state index < -0.39 is 11.7 Å². The highest BCUT2D eigenvalue weighted by Crippen LogP contribution is 2.31. The Morgan fingerprint density at radius 2 is 1.77 bits per heavy atom. The van der Waals surface area contributed by atoms with Crippen LogP contribution in [0.2, 0.25) is 0 Å². The van der Waals surface area contributed by atoms with E-state index in [4.69, 9.17) is 16.2 Å². The van der Waals surface area contributed by atoms with Crippen molar-refractivity contribution in [1.29, 1.82) is 0 Å². The van der Waals surface area contributed by atoms with Crippen molar-refractivity contribution in [2.24, 2.45) is 16.5 Å². The number of halogens is 3. The van der Waals surface area contributed by atoms with Crippen LogP contribution in [0, 0.1) is 0 Å². The third-order valence-corrected chi connectivity index (χ3v) is 3.56. The van der Waals surface area contributed by atoms with E-state index in [-0.39, 0.29) is 12.0 Å². The Labute approximate surface area is 126 Å². The number of nitrogens with zero attached hydrogens (tertiary/aromatic N) is 2. The molecule has 0 amide bonds. The summed E-state index contributed by atoms with van der Waals surface area (Å²) >= 11 is 0. The first kappa shape index (κ1) is 16.6. The van der Waals surface area contributed by atoms with Gasteiger partial charge in [0.15, 0.2) is 5.96 Å². The van der Waals surface area contributed by atoms with Gasteiger partial charge in [-0.15, -0.1) is 0 Å². The summed E-state index contributed by atoms with van der Waals surface area (Å²) in [6, 6.07) is 4.95. The maximum atomic E-state index is 12.6. The molecule has 1 fully saturated rings. The van der Waals surface area contributed by atoms with Gasteiger partial charge in [0.2, 0.25) is 0 Å². The lowest BCUT2D eigenvalue weighted by Crippen LogP contribution is -2.40. The van der Waals surface area contributed by atoms with Crippen LogP contribution in [0.15, 0.2) is 29.3 Å². The summed E-state index contributed by atoms with van der Waals surface area (Å²) in [5.41, 5.74) is 10.8. The average molecular weight is 316 g/mol. The van der Waals surface area contributed by atoms with E-state index in [1.165, 1.54) is 12.1 Å². The van der Waals surface area contributed by atoms with Gasteiger partial charge in [-0.05, 0) is 17.7 Å². The van der Waals surface area contributed by atoms with Gasteiger partial charge in [-0.3, -0.25) is 9.89 Å². The van der Waals surface area contributed by atoms with Gasteiger partial charge in [-0.2, -0.15) is 13.2 Å². The molecule has 122 valence electrons. The molecule has 0 radical (unpaired) electrons. The second kappa shape index (κ2) is 6.97. The van der Waals surface area contributed by atoms with E-state index in [9.17, 15) is 13.2 Å². The van der Waals surface area contributed by atoms with Gasteiger partial charge in [0.25, 0.3) is 0 Å². The maximum absolute atomic E-state index is 12.6. The Morgan fingerprint density at radius 1 is 1.18 bits per heavy atom. The van der Waals surface area contributed by atoms with Gasteiger partial charge in [0, 0.05) is 13.1 Å². The first-order valence-electron chi connectivity index (χ1n) is 6.92. The largest absolute Gasteiger partial charge is 0.416 e. The molecular formula is C14H19F3N4O. The van der Waals surface area contributed by atoms with Crippen molar-refractivity contribution < 1.29 is 17.9 Å². The fourth-order valence-corrected chi connectivity index (χ4v) is 2.41. The molecule has 1 aliphatic rings. The zero-order chi connectivity index (χ0) is 16.2. The Hall–Kier alpha value is -1.80. The molecule has 1 unspecified atom stereocenters. The fourth-order valence-electron chi connectivity index (χ4n) is 2.41. The third kappa shape index (κ3) is 4.35. The molecular weight excluding hydrogens is 297 g/mol. The molecule has 2 rings (SSSR count). The molecule has 4 N–H and O–H groups in total. The number of hydrogen-bond acceptors (Lipinski definition) is 3. The fraction of sp³-hybridized carbons (Fsp3) is 0.500. The summed E-state index contributed by atoms with van der Waals surface area (Å²) in [7, 11) is 0. The van der Waals surface area contributed by atoms with Gasteiger partial charge in [-0.25, -0.2) is 0 Å². The van der Waals surface area contributed by atoms with E-state index in [1.54, 1.807) is 0 Å². The minimum absolute atomic E-state index is 0.0369. The van der Waals surface area contributed by atoms with E-state index in [1.807, 2.05) is 0 Å². The molecule has 1 aromatic rings. The first-order chi connectivity index (χ1) is 10.4. The molecule has 0 aromatic heterocycles. The van der Waals surface area contributed by atoms with Crippen molar-refractivity contribution in [2.45, 2.75) is 12.2 Å². The number of guanidine groups is 1. The number of ether oxygens (including phenoxy) is 1. The Kier molecular flexibility index (Phi) is 5.25. The van der Waals surface area contributed by atoms with Gasteiger partial charge in [0.1, 0.15) is 0 Å². The summed E-state index contributed by atoms with van der Waals surface area (Å²) in [6.07, 6.45) is -4.34. The molecule has 0 saturated carbocycles. The predicted molar refractivity (Wildman–Crippen MR) is 77.3 cm³/mol. The summed E-state index contributed by atoms with van der Waals surface area (Å²) in [5, 5.41) is 0. The second-order valence-electron chi connectivity index (χ2n) is 5.05.